The van der Waals surface area contributed by atoms with Crippen LogP contribution in [-0.2, 0) is 21.9 Å². The molecule has 1 N–H and O–H groups in total. The van der Waals surface area contributed by atoms with E-state index in [4.69, 9.17) is 11.6 Å². The first-order valence-electron chi connectivity index (χ1n) is 9.64. The number of carbonyl (C=O) groups excluding carboxylic acids is 1. The minimum absolute atomic E-state index is 0.215. The number of rotatable bonds is 5. The monoisotopic (exact) mass is 484 g/mol. The summed E-state index contributed by atoms with van der Waals surface area (Å²) in [5, 5.41) is 5.47. The van der Waals surface area contributed by atoms with Gasteiger partial charge in [0.2, 0.25) is 5.91 Å². The molecule has 0 saturated heterocycles. The third-order valence-corrected chi connectivity index (χ3v) is 8.35. The Bertz CT molecular complexity index is 1480. The van der Waals surface area contributed by atoms with Gasteiger partial charge in [0.05, 0.1) is 16.3 Å². The second-order valence-corrected chi connectivity index (χ2v) is 10.5. The zero-order valence-electron chi connectivity index (χ0n) is 16.8. The molecule has 162 valence electrons. The summed E-state index contributed by atoms with van der Waals surface area (Å²) in [5.41, 5.74) is 0.991. The summed E-state index contributed by atoms with van der Waals surface area (Å²) >= 11 is 7.53. The van der Waals surface area contributed by atoms with E-state index < -0.39 is 15.9 Å². The third-order valence-electron chi connectivity index (χ3n) is 5.16. The van der Waals surface area contributed by atoms with Crippen LogP contribution in [0.15, 0.2) is 81.9 Å². The van der Waals surface area contributed by atoms with E-state index in [0.717, 1.165) is 19.7 Å². The summed E-state index contributed by atoms with van der Waals surface area (Å²) in [6.07, 6.45) is 3.51. The standard InChI is InChI=1S/C22H17ClN4O3S2/c1-26-11-10-24-22(26)31-18-9-8-15(23)12-16(18)25-20(28)13-27-17-6-2-4-14-5-3-7-19(21(14)17)32(27,29)30/h2-12H,13H2,1H3,(H,25,28). The second kappa shape index (κ2) is 7.84. The number of aromatic nitrogens is 2. The number of sulfonamides is 1. The van der Waals surface area contributed by atoms with E-state index in [1.54, 1.807) is 48.7 Å². The molecule has 5 rings (SSSR count). The number of halogens is 1. The molecule has 10 heteroatoms. The van der Waals surface area contributed by atoms with Crippen molar-refractivity contribution in [2.45, 2.75) is 14.9 Å². The van der Waals surface area contributed by atoms with Gasteiger partial charge in [-0.05, 0) is 47.5 Å². The Morgan fingerprint density at radius 1 is 1.16 bits per heavy atom. The molecule has 7 nitrogen and oxygen atoms in total. The highest BCUT2D eigenvalue weighted by Gasteiger charge is 2.36. The fraction of sp³-hybridized carbons (Fsp3) is 0.0909. The van der Waals surface area contributed by atoms with Crippen LogP contribution in [-0.4, -0.2) is 30.4 Å². The molecule has 3 aromatic carbocycles. The highest BCUT2D eigenvalue weighted by atomic mass is 35.5. The number of benzene rings is 3. The smallest absolute Gasteiger partial charge is 0.265 e. The van der Waals surface area contributed by atoms with Crippen molar-refractivity contribution in [1.82, 2.24) is 9.55 Å². The van der Waals surface area contributed by atoms with Gasteiger partial charge in [0.25, 0.3) is 10.0 Å². The van der Waals surface area contributed by atoms with E-state index >= 15 is 0 Å². The number of nitrogens with zero attached hydrogens (tertiary/aromatic N) is 3. The Hall–Kier alpha value is -3.01. The molecule has 0 fully saturated rings. The Kier molecular flexibility index (Phi) is 5.11. The first-order chi connectivity index (χ1) is 15.3. The number of hydrogen-bond acceptors (Lipinski definition) is 5. The highest BCUT2D eigenvalue weighted by Crippen LogP contribution is 2.42. The largest absolute Gasteiger partial charge is 0.329 e. The molecule has 4 aromatic rings. The summed E-state index contributed by atoms with van der Waals surface area (Å²) < 4.78 is 29.3. The van der Waals surface area contributed by atoms with Gasteiger partial charge in [-0.3, -0.25) is 9.10 Å². The van der Waals surface area contributed by atoms with E-state index in [9.17, 15) is 13.2 Å². The molecule has 1 aliphatic rings. The van der Waals surface area contributed by atoms with Crippen LogP contribution in [0.25, 0.3) is 10.8 Å². The van der Waals surface area contributed by atoms with Gasteiger partial charge in [0.15, 0.2) is 5.16 Å². The lowest BCUT2D eigenvalue weighted by atomic mass is 10.1. The number of nitrogens with one attached hydrogen (secondary N) is 1. The minimum atomic E-state index is -3.82. The predicted molar refractivity (Wildman–Crippen MR) is 126 cm³/mol. The van der Waals surface area contributed by atoms with Gasteiger partial charge in [0.1, 0.15) is 6.54 Å². The van der Waals surface area contributed by atoms with E-state index in [2.05, 4.69) is 10.3 Å². The molecule has 1 aliphatic heterocycles. The third kappa shape index (κ3) is 3.52. The van der Waals surface area contributed by atoms with E-state index in [0.29, 0.717) is 21.8 Å². The summed E-state index contributed by atoms with van der Waals surface area (Å²) in [4.78, 5) is 18.2. The Morgan fingerprint density at radius 2 is 1.94 bits per heavy atom. The van der Waals surface area contributed by atoms with Crippen molar-refractivity contribution in [2.24, 2.45) is 7.05 Å². The van der Waals surface area contributed by atoms with Crippen LogP contribution >= 0.6 is 23.4 Å². The average Bonchev–Trinajstić information content (AvgIpc) is 3.25. The van der Waals surface area contributed by atoms with Gasteiger partial charge in [-0.2, -0.15) is 0 Å². The lowest BCUT2D eigenvalue weighted by Crippen LogP contribution is -2.35. The quantitative estimate of drug-likeness (QED) is 0.450. The molecular weight excluding hydrogens is 468 g/mol. The van der Waals surface area contributed by atoms with Gasteiger partial charge >= 0.3 is 0 Å². The van der Waals surface area contributed by atoms with E-state index in [1.165, 1.54) is 11.8 Å². The zero-order chi connectivity index (χ0) is 22.5. The molecule has 1 amide bonds. The molecule has 0 bridgehead atoms. The fourth-order valence-corrected chi connectivity index (χ4v) is 6.40. The fourth-order valence-electron chi connectivity index (χ4n) is 3.69. The number of anilines is 2. The Balaban J connectivity index is 1.43. The first-order valence-corrected chi connectivity index (χ1v) is 12.3. The topological polar surface area (TPSA) is 84.3 Å². The van der Waals surface area contributed by atoms with Crippen LogP contribution < -0.4 is 9.62 Å². The van der Waals surface area contributed by atoms with Crippen molar-refractivity contribution in [3.8, 4) is 0 Å². The summed E-state index contributed by atoms with van der Waals surface area (Å²) in [5.74, 6) is -0.470. The van der Waals surface area contributed by atoms with Gasteiger partial charge in [-0.25, -0.2) is 13.4 Å². The van der Waals surface area contributed by atoms with E-state index in [1.807, 2.05) is 29.9 Å². The SMILES string of the molecule is Cn1ccnc1Sc1ccc(Cl)cc1NC(=O)CN1c2cccc3cccc(c23)S1(=O)=O. The molecule has 0 saturated carbocycles. The summed E-state index contributed by atoms with van der Waals surface area (Å²) in [7, 11) is -1.95. The normalized spacial score (nSPS) is 14.1. The predicted octanol–water partition coefficient (Wildman–Crippen LogP) is 4.53. The molecule has 1 aromatic heterocycles. The van der Waals surface area contributed by atoms with Crippen LogP contribution in [0.1, 0.15) is 0 Å². The summed E-state index contributed by atoms with van der Waals surface area (Å²) in [6, 6.07) is 15.6. The van der Waals surface area contributed by atoms with Crippen LogP contribution in [0.2, 0.25) is 5.02 Å². The highest BCUT2D eigenvalue weighted by molar-refractivity contribution is 7.99. The van der Waals surface area contributed by atoms with Crippen molar-refractivity contribution >= 4 is 61.4 Å². The minimum Gasteiger partial charge on any atom is -0.329 e. The maximum absolute atomic E-state index is 13.1. The van der Waals surface area contributed by atoms with Crippen molar-refractivity contribution in [3.05, 3.63) is 72.0 Å². The van der Waals surface area contributed by atoms with Crippen molar-refractivity contribution in [1.29, 1.82) is 0 Å². The zero-order valence-corrected chi connectivity index (χ0v) is 19.2. The molecule has 0 spiro atoms. The van der Waals surface area contributed by atoms with Crippen molar-refractivity contribution in [3.63, 3.8) is 0 Å². The average molecular weight is 485 g/mol. The lowest BCUT2D eigenvalue weighted by Gasteiger charge is -2.19. The molecule has 0 aliphatic carbocycles. The maximum atomic E-state index is 13.1. The van der Waals surface area contributed by atoms with Crippen molar-refractivity contribution in [2.75, 3.05) is 16.2 Å². The molecule has 0 radical (unpaired) electrons. The van der Waals surface area contributed by atoms with E-state index in [-0.39, 0.29) is 11.4 Å². The number of amides is 1. The summed E-state index contributed by atoms with van der Waals surface area (Å²) in [6.45, 7) is -0.352. The molecule has 2 heterocycles. The number of carbonyl (C=O) groups is 1. The van der Waals surface area contributed by atoms with Gasteiger partial charge in [-0.1, -0.05) is 35.9 Å². The Morgan fingerprint density at radius 3 is 2.69 bits per heavy atom. The van der Waals surface area contributed by atoms with Crippen LogP contribution in [0, 0.1) is 0 Å². The van der Waals surface area contributed by atoms with Crippen LogP contribution in [0.3, 0.4) is 0 Å². The molecule has 0 unspecified atom stereocenters. The maximum Gasteiger partial charge on any atom is 0.265 e. The molecule has 32 heavy (non-hydrogen) atoms. The number of imidazole rings is 1. The van der Waals surface area contributed by atoms with Gasteiger partial charge < -0.3 is 9.88 Å². The molecule has 0 atom stereocenters. The second-order valence-electron chi connectivity index (χ2n) is 7.25. The van der Waals surface area contributed by atoms with Crippen LogP contribution in [0.4, 0.5) is 11.4 Å². The lowest BCUT2D eigenvalue weighted by molar-refractivity contribution is -0.114. The van der Waals surface area contributed by atoms with Gasteiger partial charge in [-0.15, -0.1) is 0 Å². The first kappa shape index (κ1) is 20.9. The Labute approximate surface area is 194 Å². The van der Waals surface area contributed by atoms with Gasteiger partial charge in [0, 0.05) is 34.7 Å². The number of aryl methyl sites for hydroxylation is 1. The number of hydrogen-bond donors (Lipinski definition) is 1. The molecular formula is C22H17ClN4O3S2. The van der Waals surface area contributed by atoms with Crippen LogP contribution in [0.5, 0.6) is 0 Å². The van der Waals surface area contributed by atoms with Crippen molar-refractivity contribution < 1.29 is 13.2 Å².